The van der Waals surface area contributed by atoms with Gasteiger partial charge in [0.25, 0.3) is 0 Å². The molecule has 1 rings (SSSR count). The molecule has 1 aromatic rings. The van der Waals surface area contributed by atoms with Gasteiger partial charge in [0.1, 0.15) is 5.82 Å². The van der Waals surface area contributed by atoms with Gasteiger partial charge in [-0.05, 0) is 47.1 Å². The third kappa shape index (κ3) is 2.05. The number of benzene rings is 1. The van der Waals surface area contributed by atoms with Crippen LogP contribution in [-0.2, 0) is 6.54 Å². The van der Waals surface area contributed by atoms with Gasteiger partial charge in [-0.1, -0.05) is 6.07 Å². The Balaban J connectivity index is 3.04. The van der Waals surface area contributed by atoms with E-state index in [1.54, 1.807) is 0 Å². The molecule has 0 aliphatic heterocycles. The molecule has 0 unspecified atom stereocenters. The fraction of sp³-hybridized carbons (Fsp3) is 0.333. The average molecular weight is 232 g/mol. The Morgan fingerprint density at radius 1 is 1.50 bits per heavy atom. The van der Waals surface area contributed by atoms with E-state index in [-0.39, 0.29) is 5.82 Å². The van der Waals surface area contributed by atoms with Gasteiger partial charge in [0, 0.05) is 6.54 Å². The van der Waals surface area contributed by atoms with Crippen LogP contribution in [0.5, 0.6) is 0 Å². The van der Waals surface area contributed by atoms with Crippen molar-refractivity contribution < 1.29 is 4.39 Å². The van der Waals surface area contributed by atoms with Gasteiger partial charge in [0.15, 0.2) is 0 Å². The van der Waals surface area contributed by atoms with Crippen LogP contribution in [0.2, 0.25) is 0 Å². The van der Waals surface area contributed by atoms with Crippen molar-refractivity contribution in [2.45, 2.75) is 13.5 Å². The molecule has 0 bridgehead atoms. The van der Waals surface area contributed by atoms with Crippen LogP contribution in [-0.4, -0.2) is 7.05 Å². The molecular weight excluding hydrogens is 221 g/mol. The van der Waals surface area contributed by atoms with E-state index in [9.17, 15) is 4.39 Å². The Morgan fingerprint density at radius 3 is 2.67 bits per heavy atom. The minimum Gasteiger partial charge on any atom is -0.316 e. The molecule has 66 valence electrons. The minimum atomic E-state index is -0.194. The molecule has 0 spiro atoms. The second kappa shape index (κ2) is 4.01. The van der Waals surface area contributed by atoms with Gasteiger partial charge in [0.05, 0.1) is 4.47 Å². The average Bonchev–Trinajstić information content (AvgIpc) is 2.01. The molecule has 0 fully saturated rings. The van der Waals surface area contributed by atoms with E-state index in [0.29, 0.717) is 11.0 Å². The van der Waals surface area contributed by atoms with Crippen molar-refractivity contribution in [3.63, 3.8) is 0 Å². The summed E-state index contributed by atoms with van der Waals surface area (Å²) in [4.78, 5) is 0. The standard InChI is InChI=1S/C9H11BrFN/c1-6-3-7(5-12-2)4-8(11)9(6)10/h3-4,12H,5H2,1-2H3. The first-order valence-corrected chi connectivity index (χ1v) is 4.53. The SMILES string of the molecule is CNCc1cc(C)c(Br)c(F)c1. The topological polar surface area (TPSA) is 12.0 Å². The molecule has 1 N–H and O–H groups in total. The van der Waals surface area contributed by atoms with Crippen molar-refractivity contribution in [3.05, 3.63) is 33.5 Å². The number of halogens is 2. The molecule has 0 aliphatic carbocycles. The quantitative estimate of drug-likeness (QED) is 0.826. The van der Waals surface area contributed by atoms with Crippen molar-refractivity contribution in [2.75, 3.05) is 7.05 Å². The normalized spacial score (nSPS) is 10.3. The molecule has 0 radical (unpaired) electrons. The van der Waals surface area contributed by atoms with Crippen LogP contribution >= 0.6 is 15.9 Å². The summed E-state index contributed by atoms with van der Waals surface area (Å²) in [5, 5.41) is 2.98. The minimum absolute atomic E-state index is 0.194. The first kappa shape index (κ1) is 9.68. The van der Waals surface area contributed by atoms with Gasteiger partial charge in [0.2, 0.25) is 0 Å². The molecular formula is C9H11BrFN. The Hall–Kier alpha value is -0.410. The molecule has 1 nitrogen and oxygen atoms in total. The highest BCUT2D eigenvalue weighted by Crippen LogP contribution is 2.21. The van der Waals surface area contributed by atoms with E-state index < -0.39 is 0 Å². The van der Waals surface area contributed by atoms with Crippen molar-refractivity contribution in [3.8, 4) is 0 Å². The fourth-order valence-electron chi connectivity index (χ4n) is 1.10. The number of nitrogens with one attached hydrogen (secondary N) is 1. The van der Waals surface area contributed by atoms with Crippen LogP contribution in [0.3, 0.4) is 0 Å². The summed E-state index contributed by atoms with van der Waals surface area (Å²) in [6.07, 6.45) is 0. The van der Waals surface area contributed by atoms with E-state index in [1.807, 2.05) is 20.0 Å². The summed E-state index contributed by atoms with van der Waals surface area (Å²) in [7, 11) is 1.84. The van der Waals surface area contributed by atoms with Crippen molar-refractivity contribution >= 4 is 15.9 Å². The molecule has 3 heteroatoms. The molecule has 0 amide bonds. The lowest BCUT2D eigenvalue weighted by atomic mass is 10.1. The summed E-state index contributed by atoms with van der Waals surface area (Å²) in [5.41, 5.74) is 1.90. The van der Waals surface area contributed by atoms with Gasteiger partial charge in [-0.2, -0.15) is 0 Å². The first-order valence-electron chi connectivity index (χ1n) is 3.74. The van der Waals surface area contributed by atoms with Gasteiger partial charge in [-0.3, -0.25) is 0 Å². The van der Waals surface area contributed by atoms with Gasteiger partial charge < -0.3 is 5.32 Å². The lowest BCUT2D eigenvalue weighted by Gasteiger charge is -2.04. The van der Waals surface area contributed by atoms with Crippen LogP contribution in [0.1, 0.15) is 11.1 Å². The summed E-state index contributed by atoms with van der Waals surface area (Å²) >= 11 is 3.17. The smallest absolute Gasteiger partial charge is 0.137 e. The molecule has 0 aromatic heterocycles. The van der Waals surface area contributed by atoms with Gasteiger partial charge >= 0.3 is 0 Å². The lowest BCUT2D eigenvalue weighted by Crippen LogP contribution is -2.05. The Kier molecular flexibility index (Phi) is 3.23. The predicted molar refractivity (Wildman–Crippen MR) is 51.6 cm³/mol. The maximum absolute atomic E-state index is 13.1. The fourth-order valence-corrected chi connectivity index (χ4v) is 1.33. The lowest BCUT2D eigenvalue weighted by molar-refractivity contribution is 0.615. The Labute approximate surface area is 80.1 Å². The maximum atomic E-state index is 13.1. The highest BCUT2D eigenvalue weighted by atomic mass is 79.9. The second-order valence-electron chi connectivity index (χ2n) is 2.74. The highest BCUT2D eigenvalue weighted by Gasteiger charge is 2.03. The monoisotopic (exact) mass is 231 g/mol. The second-order valence-corrected chi connectivity index (χ2v) is 3.53. The highest BCUT2D eigenvalue weighted by molar-refractivity contribution is 9.10. The molecule has 0 atom stereocenters. The predicted octanol–water partition coefficient (Wildman–Crippen LogP) is 2.62. The third-order valence-electron chi connectivity index (χ3n) is 1.65. The third-order valence-corrected chi connectivity index (χ3v) is 2.66. The van der Waals surface area contributed by atoms with Crippen molar-refractivity contribution in [1.29, 1.82) is 0 Å². The number of hydrogen-bond donors (Lipinski definition) is 1. The molecule has 12 heavy (non-hydrogen) atoms. The number of aryl methyl sites for hydroxylation is 1. The zero-order valence-electron chi connectivity index (χ0n) is 7.12. The summed E-state index contributed by atoms with van der Waals surface area (Å²) < 4.78 is 13.6. The number of rotatable bonds is 2. The first-order chi connectivity index (χ1) is 5.65. The molecule has 0 saturated heterocycles. The van der Waals surface area contributed by atoms with Crippen molar-refractivity contribution in [2.24, 2.45) is 0 Å². The maximum Gasteiger partial charge on any atom is 0.137 e. The van der Waals surface area contributed by atoms with Crippen molar-refractivity contribution in [1.82, 2.24) is 5.32 Å². The van der Waals surface area contributed by atoms with Crippen LogP contribution < -0.4 is 5.32 Å². The molecule has 0 heterocycles. The van der Waals surface area contributed by atoms with E-state index in [0.717, 1.165) is 11.1 Å². The zero-order chi connectivity index (χ0) is 9.14. The Morgan fingerprint density at radius 2 is 2.17 bits per heavy atom. The van der Waals surface area contributed by atoms with E-state index in [1.165, 1.54) is 6.07 Å². The van der Waals surface area contributed by atoms with E-state index in [4.69, 9.17) is 0 Å². The van der Waals surface area contributed by atoms with Crippen LogP contribution in [0.4, 0.5) is 4.39 Å². The number of hydrogen-bond acceptors (Lipinski definition) is 1. The van der Waals surface area contributed by atoms with Gasteiger partial charge in [-0.15, -0.1) is 0 Å². The zero-order valence-corrected chi connectivity index (χ0v) is 8.70. The van der Waals surface area contributed by atoms with Crippen LogP contribution in [0.25, 0.3) is 0 Å². The summed E-state index contributed by atoms with van der Waals surface area (Å²) in [6.45, 7) is 2.58. The van der Waals surface area contributed by atoms with Gasteiger partial charge in [-0.25, -0.2) is 4.39 Å². The van der Waals surface area contributed by atoms with E-state index in [2.05, 4.69) is 21.2 Å². The van der Waals surface area contributed by atoms with Crippen LogP contribution in [0.15, 0.2) is 16.6 Å². The largest absolute Gasteiger partial charge is 0.316 e. The van der Waals surface area contributed by atoms with E-state index >= 15 is 0 Å². The summed E-state index contributed by atoms with van der Waals surface area (Å²) in [5.74, 6) is -0.194. The van der Waals surface area contributed by atoms with Crippen LogP contribution in [0, 0.1) is 12.7 Å². The molecule has 0 aliphatic rings. The molecule has 0 saturated carbocycles. The molecule has 1 aromatic carbocycles. The summed E-state index contributed by atoms with van der Waals surface area (Å²) in [6, 6.07) is 3.50. The Bertz CT molecular complexity index is 263.